The van der Waals surface area contributed by atoms with Gasteiger partial charge >= 0.3 is 6.09 Å². The van der Waals surface area contributed by atoms with Gasteiger partial charge in [-0.15, -0.1) is 0 Å². The fourth-order valence-corrected chi connectivity index (χ4v) is 3.50. The maximum Gasteiger partial charge on any atom is 0.412 e. The summed E-state index contributed by atoms with van der Waals surface area (Å²) in [5, 5.41) is 9.37. The smallest absolute Gasteiger partial charge is 0.412 e. The van der Waals surface area contributed by atoms with Crippen LogP contribution in [-0.2, 0) is 9.84 Å². The van der Waals surface area contributed by atoms with Crippen LogP contribution in [0.4, 0.5) is 10.5 Å². The summed E-state index contributed by atoms with van der Waals surface area (Å²) in [5.74, 6) is 0.0393. The molecule has 0 spiro atoms. The van der Waals surface area contributed by atoms with Gasteiger partial charge in [0.25, 0.3) is 0 Å². The van der Waals surface area contributed by atoms with E-state index in [-0.39, 0.29) is 16.7 Å². The van der Waals surface area contributed by atoms with Crippen molar-refractivity contribution in [2.75, 3.05) is 10.7 Å². The molecule has 0 heterocycles. The Hall–Kier alpha value is -1.56. The van der Waals surface area contributed by atoms with Crippen LogP contribution in [0.5, 0.6) is 0 Å². The second-order valence-corrected chi connectivity index (χ2v) is 7.27. The third-order valence-corrected chi connectivity index (χ3v) is 5.50. The van der Waals surface area contributed by atoms with Gasteiger partial charge in [0.15, 0.2) is 9.84 Å². The first-order valence-corrected chi connectivity index (χ1v) is 8.46. The Kier molecular flexibility index (Phi) is 4.32. The largest absolute Gasteiger partial charge is 0.465 e. The quantitative estimate of drug-likeness (QED) is 0.927. The molecule has 0 unspecified atom stereocenters. The number of carbonyl (C=O) groups is 1. The normalized spacial score (nSPS) is 16.2. The minimum absolute atomic E-state index is 0.00105. The average molecular weight is 297 g/mol. The standard InChI is InChI=1S/C14H19NO4S/c1-2-20(18,19)13-9-7-12(8-10-13)15(14(16)17)11-5-3-4-6-11/h7-11H,2-6H2,1H3,(H,16,17). The van der Waals surface area contributed by atoms with Crippen LogP contribution in [0.1, 0.15) is 32.6 Å². The van der Waals surface area contributed by atoms with Crippen molar-refractivity contribution in [3.05, 3.63) is 24.3 Å². The van der Waals surface area contributed by atoms with E-state index < -0.39 is 15.9 Å². The summed E-state index contributed by atoms with van der Waals surface area (Å²) in [7, 11) is -3.25. The first-order chi connectivity index (χ1) is 9.45. The van der Waals surface area contributed by atoms with Crippen LogP contribution >= 0.6 is 0 Å². The van der Waals surface area contributed by atoms with Crippen molar-refractivity contribution < 1.29 is 18.3 Å². The molecule has 1 aromatic carbocycles. The summed E-state index contributed by atoms with van der Waals surface area (Å²) in [4.78, 5) is 13.0. The number of nitrogens with zero attached hydrogens (tertiary/aromatic N) is 1. The number of anilines is 1. The number of sulfone groups is 1. The van der Waals surface area contributed by atoms with Gasteiger partial charge in [0.1, 0.15) is 0 Å². The molecule has 0 aromatic heterocycles. The summed E-state index contributed by atoms with van der Waals surface area (Å²) in [6, 6.07) is 6.13. The SMILES string of the molecule is CCS(=O)(=O)c1ccc(N(C(=O)O)C2CCCC2)cc1. The van der Waals surface area contributed by atoms with Crippen molar-refractivity contribution in [1.29, 1.82) is 0 Å². The van der Waals surface area contributed by atoms with E-state index in [4.69, 9.17) is 0 Å². The molecule has 1 N–H and O–H groups in total. The van der Waals surface area contributed by atoms with Crippen LogP contribution in [0.15, 0.2) is 29.2 Å². The fraction of sp³-hybridized carbons (Fsp3) is 0.500. The van der Waals surface area contributed by atoms with E-state index >= 15 is 0 Å². The predicted octanol–water partition coefficient (Wildman–Crippen LogP) is 2.91. The summed E-state index contributed by atoms with van der Waals surface area (Å²) in [6.07, 6.45) is 2.82. The topological polar surface area (TPSA) is 74.7 Å². The van der Waals surface area contributed by atoms with Gasteiger partial charge in [-0.1, -0.05) is 19.8 Å². The highest BCUT2D eigenvalue weighted by molar-refractivity contribution is 7.91. The van der Waals surface area contributed by atoms with Crippen LogP contribution in [0, 0.1) is 0 Å². The Morgan fingerprint density at radius 1 is 1.25 bits per heavy atom. The zero-order valence-electron chi connectivity index (χ0n) is 11.4. The number of hydrogen-bond donors (Lipinski definition) is 1. The highest BCUT2D eigenvalue weighted by Gasteiger charge is 2.27. The van der Waals surface area contributed by atoms with Gasteiger partial charge in [-0.3, -0.25) is 4.90 Å². The Morgan fingerprint density at radius 2 is 1.80 bits per heavy atom. The summed E-state index contributed by atoms with van der Waals surface area (Å²) in [6.45, 7) is 1.59. The van der Waals surface area contributed by atoms with Gasteiger partial charge in [0.2, 0.25) is 0 Å². The van der Waals surface area contributed by atoms with E-state index in [2.05, 4.69) is 0 Å². The van der Waals surface area contributed by atoms with Gasteiger partial charge in [-0.25, -0.2) is 13.2 Å². The number of benzene rings is 1. The molecule has 5 nitrogen and oxygen atoms in total. The fourth-order valence-electron chi connectivity index (χ4n) is 2.62. The highest BCUT2D eigenvalue weighted by atomic mass is 32.2. The predicted molar refractivity (Wildman–Crippen MR) is 76.9 cm³/mol. The molecule has 0 bridgehead atoms. The van der Waals surface area contributed by atoms with Crippen molar-refractivity contribution >= 4 is 21.6 Å². The lowest BCUT2D eigenvalue weighted by molar-refractivity contribution is 0.199. The van der Waals surface area contributed by atoms with E-state index in [1.807, 2.05) is 0 Å². The van der Waals surface area contributed by atoms with E-state index in [1.54, 1.807) is 19.1 Å². The van der Waals surface area contributed by atoms with Crippen LogP contribution in [0.3, 0.4) is 0 Å². The molecule has 1 fully saturated rings. The highest BCUT2D eigenvalue weighted by Crippen LogP contribution is 2.29. The van der Waals surface area contributed by atoms with Crippen LogP contribution in [0.2, 0.25) is 0 Å². The molecule has 6 heteroatoms. The van der Waals surface area contributed by atoms with Gasteiger partial charge < -0.3 is 5.11 Å². The van der Waals surface area contributed by atoms with Crippen LogP contribution in [-0.4, -0.2) is 31.4 Å². The lowest BCUT2D eigenvalue weighted by Crippen LogP contribution is -2.37. The monoisotopic (exact) mass is 297 g/mol. The number of hydrogen-bond acceptors (Lipinski definition) is 3. The minimum Gasteiger partial charge on any atom is -0.465 e. The van der Waals surface area contributed by atoms with E-state index in [1.165, 1.54) is 17.0 Å². The molecule has 0 saturated heterocycles. The molecule has 1 aliphatic carbocycles. The zero-order valence-corrected chi connectivity index (χ0v) is 12.3. The Labute approximate surface area is 119 Å². The molecule has 0 atom stereocenters. The van der Waals surface area contributed by atoms with Gasteiger partial charge in [0, 0.05) is 11.7 Å². The Balaban J connectivity index is 2.29. The lowest BCUT2D eigenvalue weighted by Gasteiger charge is -2.26. The number of amides is 1. The average Bonchev–Trinajstić information content (AvgIpc) is 2.93. The molecule has 20 heavy (non-hydrogen) atoms. The third-order valence-electron chi connectivity index (χ3n) is 3.75. The van der Waals surface area contributed by atoms with Crippen LogP contribution < -0.4 is 4.90 Å². The van der Waals surface area contributed by atoms with Crippen molar-refractivity contribution in [3.63, 3.8) is 0 Å². The minimum atomic E-state index is -3.25. The lowest BCUT2D eigenvalue weighted by atomic mass is 10.2. The van der Waals surface area contributed by atoms with E-state index in [0.29, 0.717) is 5.69 Å². The number of carboxylic acid groups (broad SMARTS) is 1. The van der Waals surface area contributed by atoms with Crippen LogP contribution in [0.25, 0.3) is 0 Å². The molecule has 2 rings (SSSR count). The summed E-state index contributed by atoms with van der Waals surface area (Å²) in [5.41, 5.74) is 0.541. The first-order valence-electron chi connectivity index (χ1n) is 6.80. The molecule has 0 aliphatic heterocycles. The van der Waals surface area contributed by atoms with E-state index in [0.717, 1.165) is 25.7 Å². The van der Waals surface area contributed by atoms with Crippen molar-refractivity contribution in [2.45, 2.75) is 43.5 Å². The summed E-state index contributed by atoms with van der Waals surface area (Å²) >= 11 is 0. The van der Waals surface area contributed by atoms with Gasteiger partial charge in [0.05, 0.1) is 10.6 Å². The molecule has 1 saturated carbocycles. The molecular formula is C14H19NO4S. The number of rotatable bonds is 4. The van der Waals surface area contributed by atoms with E-state index in [9.17, 15) is 18.3 Å². The second-order valence-electron chi connectivity index (χ2n) is 4.99. The first kappa shape index (κ1) is 14.8. The Morgan fingerprint density at radius 3 is 2.25 bits per heavy atom. The zero-order chi connectivity index (χ0) is 14.8. The van der Waals surface area contributed by atoms with Crippen molar-refractivity contribution in [1.82, 2.24) is 0 Å². The second kappa shape index (κ2) is 5.83. The molecule has 1 aliphatic rings. The van der Waals surface area contributed by atoms with Gasteiger partial charge in [-0.05, 0) is 37.1 Å². The maximum absolute atomic E-state index is 11.7. The molecular weight excluding hydrogens is 278 g/mol. The molecule has 0 radical (unpaired) electrons. The van der Waals surface area contributed by atoms with Crippen molar-refractivity contribution in [2.24, 2.45) is 0 Å². The summed E-state index contributed by atoms with van der Waals surface area (Å²) < 4.78 is 23.5. The maximum atomic E-state index is 11.7. The van der Waals surface area contributed by atoms with Gasteiger partial charge in [-0.2, -0.15) is 0 Å². The molecule has 1 aromatic rings. The molecule has 110 valence electrons. The Bertz CT molecular complexity index is 574. The van der Waals surface area contributed by atoms with Crippen molar-refractivity contribution in [3.8, 4) is 0 Å². The third kappa shape index (κ3) is 2.95. The molecule has 1 amide bonds.